The summed E-state index contributed by atoms with van der Waals surface area (Å²) < 4.78 is 8.13. The van der Waals surface area contributed by atoms with Gasteiger partial charge in [0, 0.05) is 30.5 Å². The third kappa shape index (κ3) is 2.80. The molecule has 0 aliphatic carbocycles. The van der Waals surface area contributed by atoms with Crippen molar-refractivity contribution < 1.29 is 9.32 Å². The fraction of sp³-hybridized carbons (Fsp3) is 0.429. The summed E-state index contributed by atoms with van der Waals surface area (Å²) in [5.41, 5.74) is 2.36. The van der Waals surface area contributed by atoms with Gasteiger partial charge in [0.05, 0.1) is 12.2 Å². The van der Waals surface area contributed by atoms with Gasteiger partial charge in [-0.05, 0) is 35.3 Å². The number of halogens is 1. The molecule has 2 aromatic rings. The van der Waals surface area contributed by atoms with Crippen LogP contribution in [0.1, 0.15) is 34.4 Å². The molecule has 108 valence electrons. The van der Waals surface area contributed by atoms with E-state index in [1.807, 2.05) is 30.8 Å². The quantitative estimate of drug-likeness (QED) is 0.860. The van der Waals surface area contributed by atoms with Crippen molar-refractivity contribution in [3.05, 3.63) is 39.4 Å². The Balaban J connectivity index is 2.20. The number of carbonyl (C=O) groups is 1. The second-order valence-corrected chi connectivity index (χ2v) is 5.75. The Morgan fingerprint density at radius 2 is 2.25 bits per heavy atom. The molecule has 2 heterocycles. The van der Waals surface area contributed by atoms with Crippen LogP contribution in [0, 0.1) is 6.92 Å². The first-order valence-corrected chi connectivity index (χ1v) is 7.24. The van der Waals surface area contributed by atoms with Gasteiger partial charge in [-0.2, -0.15) is 0 Å². The van der Waals surface area contributed by atoms with Crippen molar-refractivity contribution in [3.8, 4) is 0 Å². The van der Waals surface area contributed by atoms with E-state index in [9.17, 15) is 4.79 Å². The highest BCUT2D eigenvalue weighted by Crippen LogP contribution is 2.19. The van der Waals surface area contributed by atoms with Crippen molar-refractivity contribution in [2.45, 2.75) is 26.8 Å². The van der Waals surface area contributed by atoms with Crippen LogP contribution in [0.15, 0.2) is 21.3 Å². The molecule has 0 atom stereocenters. The minimum atomic E-state index is -0.0575. The van der Waals surface area contributed by atoms with Gasteiger partial charge >= 0.3 is 0 Å². The molecule has 0 aliphatic heterocycles. The molecule has 2 aromatic heterocycles. The molecular formula is C14H18BrN3O2. The molecule has 20 heavy (non-hydrogen) atoms. The van der Waals surface area contributed by atoms with E-state index in [1.165, 1.54) is 0 Å². The van der Waals surface area contributed by atoms with Gasteiger partial charge in [-0.1, -0.05) is 12.1 Å². The highest BCUT2D eigenvalue weighted by Gasteiger charge is 2.22. The molecule has 0 saturated carbocycles. The molecule has 5 nitrogen and oxygen atoms in total. The highest BCUT2D eigenvalue weighted by atomic mass is 79.9. The van der Waals surface area contributed by atoms with E-state index in [-0.39, 0.29) is 5.91 Å². The van der Waals surface area contributed by atoms with Crippen LogP contribution in [0.2, 0.25) is 0 Å². The topological polar surface area (TPSA) is 51.3 Å². The van der Waals surface area contributed by atoms with Crippen LogP contribution in [-0.4, -0.2) is 27.6 Å². The van der Waals surface area contributed by atoms with Gasteiger partial charge in [0.2, 0.25) is 0 Å². The van der Waals surface area contributed by atoms with E-state index in [0.29, 0.717) is 30.0 Å². The average Bonchev–Trinajstić information content (AvgIpc) is 2.91. The van der Waals surface area contributed by atoms with Gasteiger partial charge in [-0.15, -0.1) is 0 Å². The first-order valence-electron chi connectivity index (χ1n) is 6.45. The molecule has 0 fully saturated rings. The maximum atomic E-state index is 12.5. The largest absolute Gasteiger partial charge is 0.361 e. The Bertz CT molecular complexity index is 630. The molecule has 0 N–H and O–H groups in total. The lowest BCUT2D eigenvalue weighted by molar-refractivity contribution is 0.0779. The zero-order valence-electron chi connectivity index (χ0n) is 12.1. The van der Waals surface area contributed by atoms with Gasteiger partial charge in [-0.25, -0.2) is 0 Å². The Hall–Kier alpha value is -1.56. The highest BCUT2D eigenvalue weighted by molar-refractivity contribution is 9.10. The van der Waals surface area contributed by atoms with Gasteiger partial charge in [0.1, 0.15) is 11.3 Å². The van der Waals surface area contributed by atoms with Crippen LogP contribution in [0.3, 0.4) is 0 Å². The van der Waals surface area contributed by atoms with Crippen LogP contribution in [-0.2, 0) is 20.0 Å². The number of aryl methyl sites for hydroxylation is 3. The van der Waals surface area contributed by atoms with E-state index < -0.39 is 0 Å². The third-order valence-electron chi connectivity index (χ3n) is 3.30. The summed E-state index contributed by atoms with van der Waals surface area (Å²) in [7, 11) is 3.75. The summed E-state index contributed by atoms with van der Waals surface area (Å²) in [6.07, 6.45) is 2.65. The minimum Gasteiger partial charge on any atom is -0.361 e. The van der Waals surface area contributed by atoms with Gasteiger partial charge < -0.3 is 14.0 Å². The predicted molar refractivity (Wildman–Crippen MR) is 79.5 cm³/mol. The van der Waals surface area contributed by atoms with Crippen molar-refractivity contribution >= 4 is 21.8 Å². The lowest BCUT2D eigenvalue weighted by Gasteiger charge is -2.17. The molecule has 0 spiro atoms. The van der Waals surface area contributed by atoms with E-state index in [0.717, 1.165) is 10.2 Å². The summed E-state index contributed by atoms with van der Waals surface area (Å²) in [5.74, 6) is 0.518. The standard InChI is InChI=1S/C14H18BrN3O2/c1-5-12-13(9(2)20-16-12)14(19)18(4)8-11-6-10(15)7-17(11)3/h6-7H,5,8H2,1-4H3. The molecule has 2 rings (SSSR count). The van der Waals surface area contributed by atoms with E-state index >= 15 is 0 Å². The zero-order chi connectivity index (χ0) is 14.9. The lowest BCUT2D eigenvalue weighted by atomic mass is 10.1. The molecule has 0 unspecified atom stereocenters. The van der Waals surface area contributed by atoms with Gasteiger partial charge in [-0.3, -0.25) is 4.79 Å². The Labute approximate surface area is 126 Å². The second kappa shape index (κ2) is 5.83. The number of hydrogen-bond acceptors (Lipinski definition) is 3. The molecule has 6 heteroatoms. The minimum absolute atomic E-state index is 0.0575. The average molecular weight is 340 g/mol. The number of nitrogens with zero attached hydrogens (tertiary/aromatic N) is 3. The van der Waals surface area contributed by atoms with Crippen molar-refractivity contribution in [1.82, 2.24) is 14.6 Å². The Morgan fingerprint density at radius 1 is 1.55 bits per heavy atom. The first-order chi connectivity index (χ1) is 9.43. The number of aromatic nitrogens is 2. The maximum Gasteiger partial charge on any atom is 0.259 e. The van der Waals surface area contributed by atoms with Gasteiger partial charge in [0.15, 0.2) is 0 Å². The number of carbonyl (C=O) groups excluding carboxylic acids is 1. The Kier molecular flexibility index (Phi) is 4.32. The summed E-state index contributed by atoms with van der Waals surface area (Å²) in [5, 5.41) is 3.93. The van der Waals surface area contributed by atoms with E-state index in [1.54, 1.807) is 18.9 Å². The summed E-state index contributed by atoms with van der Waals surface area (Å²) in [4.78, 5) is 14.2. The smallest absolute Gasteiger partial charge is 0.259 e. The molecule has 0 saturated heterocycles. The van der Waals surface area contributed by atoms with Crippen LogP contribution in [0.25, 0.3) is 0 Å². The summed E-state index contributed by atoms with van der Waals surface area (Å²) >= 11 is 3.43. The molecule has 1 amide bonds. The molecule has 0 aromatic carbocycles. The molecule has 0 aliphatic rings. The summed E-state index contributed by atoms with van der Waals surface area (Å²) in [6.45, 7) is 4.27. The number of rotatable bonds is 4. The molecule has 0 radical (unpaired) electrons. The monoisotopic (exact) mass is 339 g/mol. The van der Waals surface area contributed by atoms with Crippen LogP contribution in [0.4, 0.5) is 0 Å². The maximum absolute atomic E-state index is 12.5. The zero-order valence-corrected chi connectivity index (χ0v) is 13.7. The SMILES string of the molecule is CCc1noc(C)c1C(=O)N(C)Cc1cc(Br)cn1C. The lowest BCUT2D eigenvalue weighted by Crippen LogP contribution is -2.28. The predicted octanol–water partition coefficient (Wildman–Crippen LogP) is 2.92. The van der Waals surface area contributed by atoms with Crippen LogP contribution < -0.4 is 0 Å². The fourth-order valence-corrected chi connectivity index (χ4v) is 2.73. The number of hydrogen-bond donors (Lipinski definition) is 0. The van der Waals surface area contributed by atoms with Crippen molar-refractivity contribution in [3.63, 3.8) is 0 Å². The van der Waals surface area contributed by atoms with Crippen LogP contribution in [0.5, 0.6) is 0 Å². The van der Waals surface area contributed by atoms with Crippen molar-refractivity contribution in [2.75, 3.05) is 7.05 Å². The molecule has 0 bridgehead atoms. The second-order valence-electron chi connectivity index (χ2n) is 4.84. The Morgan fingerprint density at radius 3 is 2.80 bits per heavy atom. The first kappa shape index (κ1) is 14.8. The van der Waals surface area contributed by atoms with E-state index in [4.69, 9.17) is 4.52 Å². The van der Waals surface area contributed by atoms with Crippen molar-refractivity contribution in [2.24, 2.45) is 7.05 Å². The normalized spacial score (nSPS) is 10.8. The van der Waals surface area contributed by atoms with E-state index in [2.05, 4.69) is 21.1 Å². The fourth-order valence-electron chi connectivity index (χ4n) is 2.16. The van der Waals surface area contributed by atoms with Crippen molar-refractivity contribution in [1.29, 1.82) is 0 Å². The van der Waals surface area contributed by atoms with Gasteiger partial charge in [0.25, 0.3) is 5.91 Å². The van der Waals surface area contributed by atoms with Crippen LogP contribution >= 0.6 is 15.9 Å². The molecular weight excluding hydrogens is 322 g/mol. The third-order valence-corrected chi connectivity index (χ3v) is 3.74. The number of amides is 1. The summed E-state index contributed by atoms with van der Waals surface area (Å²) in [6, 6.07) is 2.00.